The number of hydrogen-bond acceptors (Lipinski definition) is 7. The van der Waals surface area contributed by atoms with E-state index in [1.807, 2.05) is 44.2 Å². The van der Waals surface area contributed by atoms with Crippen molar-refractivity contribution in [1.82, 2.24) is 14.8 Å². The monoisotopic (exact) mass is 579 g/mol. The molecule has 0 saturated heterocycles. The van der Waals surface area contributed by atoms with Gasteiger partial charge in [-0.1, -0.05) is 41.4 Å². The molecule has 0 spiro atoms. The number of carbonyl (C=O) groups is 1. The number of para-hydroxylation sites is 2. The van der Waals surface area contributed by atoms with Gasteiger partial charge in [0.05, 0.1) is 37.1 Å². The maximum Gasteiger partial charge on any atom is 0.255 e. The minimum atomic E-state index is -0.664. The smallest absolute Gasteiger partial charge is 0.255 e. The fourth-order valence-corrected chi connectivity index (χ4v) is 5.10. The number of nitrogens with one attached hydrogen (secondary N) is 2. The molecule has 40 heavy (non-hydrogen) atoms. The molecule has 0 saturated carbocycles. The fraction of sp³-hybridized carbons (Fsp3) is 0.207. The van der Waals surface area contributed by atoms with Crippen LogP contribution in [0.5, 0.6) is 17.2 Å². The summed E-state index contributed by atoms with van der Waals surface area (Å²) < 4.78 is 18.4. The average Bonchev–Trinajstić information content (AvgIpc) is 3.36. The zero-order chi connectivity index (χ0) is 28.4. The molecule has 3 aromatic carbocycles. The Hall–Kier alpha value is -4.21. The van der Waals surface area contributed by atoms with Crippen LogP contribution in [-0.4, -0.2) is 41.5 Å². The molecule has 4 aromatic rings. The predicted octanol–water partition coefficient (Wildman–Crippen LogP) is 6.60. The third-order valence-electron chi connectivity index (χ3n) is 6.43. The number of benzene rings is 3. The van der Waals surface area contributed by atoms with Gasteiger partial charge in [0.25, 0.3) is 5.91 Å². The molecule has 0 radical (unpaired) electrons. The molecule has 2 heterocycles. The molecule has 0 fully saturated rings. The summed E-state index contributed by atoms with van der Waals surface area (Å²) >= 11 is 12.6. The molecule has 1 aliphatic heterocycles. The van der Waals surface area contributed by atoms with E-state index in [2.05, 4.69) is 10.6 Å². The van der Waals surface area contributed by atoms with E-state index in [-0.39, 0.29) is 5.91 Å². The van der Waals surface area contributed by atoms with Crippen LogP contribution in [0.4, 0.5) is 11.6 Å². The van der Waals surface area contributed by atoms with Crippen molar-refractivity contribution in [2.24, 2.45) is 0 Å². The number of ether oxygens (including phenoxy) is 3. The van der Waals surface area contributed by atoms with E-state index in [0.29, 0.717) is 68.2 Å². The summed E-state index contributed by atoms with van der Waals surface area (Å²) in [5.41, 5.74) is 2.93. The molecule has 0 bridgehead atoms. The van der Waals surface area contributed by atoms with Gasteiger partial charge in [-0.25, -0.2) is 4.68 Å². The van der Waals surface area contributed by atoms with Crippen LogP contribution in [-0.2, 0) is 4.79 Å². The highest BCUT2D eigenvalue weighted by Crippen LogP contribution is 2.41. The van der Waals surface area contributed by atoms with Crippen LogP contribution < -0.4 is 24.8 Å². The summed E-state index contributed by atoms with van der Waals surface area (Å²) in [4.78, 5) is 18.6. The SMILES string of the molecule is CCOc1ccc(C2C(C(=O)Nc3ccccc3OC)=C(C)Nc3nc(-c4ccc(Cl)cc4Cl)nn32)cc1OC. The highest BCUT2D eigenvalue weighted by molar-refractivity contribution is 6.36. The third-order valence-corrected chi connectivity index (χ3v) is 6.98. The highest BCUT2D eigenvalue weighted by Gasteiger charge is 2.35. The van der Waals surface area contributed by atoms with Gasteiger partial charge >= 0.3 is 0 Å². The van der Waals surface area contributed by atoms with Crippen molar-refractivity contribution in [1.29, 1.82) is 0 Å². The molecule has 0 aliphatic carbocycles. The van der Waals surface area contributed by atoms with Gasteiger partial charge in [-0.15, -0.1) is 5.10 Å². The molecule has 1 amide bonds. The number of carbonyl (C=O) groups excluding carboxylic acids is 1. The third kappa shape index (κ3) is 5.17. The first kappa shape index (κ1) is 27.4. The Bertz CT molecular complexity index is 1620. The minimum Gasteiger partial charge on any atom is -0.495 e. The lowest BCUT2D eigenvalue weighted by Gasteiger charge is -2.29. The second-order valence-corrected chi connectivity index (χ2v) is 9.74. The number of anilines is 2. The Labute approximate surface area is 241 Å². The van der Waals surface area contributed by atoms with E-state index in [0.717, 1.165) is 5.56 Å². The Morgan fingerprint density at radius 2 is 1.80 bits per heavy atom. The average molecular weight is 580 g/mol. The molecule has 1 unspecified atom stereocenters. The Kier molecular flexibility index (Phi) is 7.86. The summed E-state index contributed by atoms with van der Waals surface area (Å²) in [5, 5.41) is 11.9. The Balaban J connectivity index is 1.64. The van der Waals surface area contributed by atoms with Crippen molar-refractivity contribution < 1.29 is 19.0 Å². The minimum absolute atomic E-state index is 0.334. The van der Waals surface area contributed by atoms with E-state index in [1.165, 1.54) is 0 Å². The first-order valence-electron chi connectivity index (χ1n) is 12.5. The number of fused-ring (bicyclic) bond motifs is 1. The lowest BCUT2D eigenvalue weighted by molar-refractivity contribution is -0.113. The van der Waals surface area contributed by atoms with Crippen LogP contribution in [0.2, 0.25) is 10.0 Å². The second kappa shape index (κ2) is 11.5. The Morgan fingerprint density at radius 1 is 1.02 bits per heavy atom. The zero-order valence-corrected chi connectivity index (χ0v) is 23.8. The summed E-state index contributed by atoms with van der Waals surface area (Å²) in [6, 6.07) is 17.2. The highest BCUT2D eigenvalue weighted by atomic mass is 35.5. The topological polar surface area (TPSA) is 99.5 Å². The first-order chi connectivity index (χ1) is 19.3. The zero-order valence-electron chi connectivity index (χ0n) is 22.3. The number of methoxy groups -OCH3 is 2. The molecule has 11 heteroatoms. The van der Waals surface area contributed by atoms with E-state index < -0.39 is 6.04 Å². The lowest BCUT2D eigenvalue weighted by Crippen LogP contribution is -2.31. The van der Waals surface area contributed by atoms with Gasteiger partial charge in [0, 0.05) is 16.3 Å². The number of rotatable bonds is 8. The number of amides is 1. The molecule has 9 nitrogen and oxygen atoms in total. The van der Waals surface area contributed by atoms with Crippen LogP contribution in [0.15, 0.2) is 71.9 Å². The normalized spacial score (nSPS) is 14.3. The summed E-state index contributed by atoms with van der Waals surface area (Å²) in [6.07, 6.45) is 0. The molecule has 1 aromatic heterocycles. The van der Waals surface area contributed by atoms with Crippen molar-refractivity contribution in [2.45, 2.75) is 19.9 Å². The number of nitrogens with zero attached hydrogens (tertiary/aromatic N) is 3. The van der Waals surface area contributed by atoms with Gasteiger partial charge in [-0.05, 0) is 61.9 Å². The largest absolute Gasteiger partial charge is 0.495 e. The molecule has 206 valence electrons. The van der Waals surface area contributed by atoms with Crippen LogP contribution >= 0.6 is 23.2 Å². The van der Waals surface area contributed by atoms with E-state index in [9.17, 15) is 4.79 Å². The molecule has 2 N–H and O–H groups in total. The Morgan fingerprint density at radius 3 is 2.52 bits per heavy atom. The summed E-state index contributed by atoms with van der Waals surface area (Å²) in [6.45, 7) is 4.20. The van der Waals surface area contributed by atoms with Crippen LogP contribution in [0.25, 0.3) is 11.4 Å². The maximum atomic E-state index is 13.9. The molecular formula is C29H27Cl2N5O4. The number of aromatic nitrogens is 3. The van der Waals surface area contributed by atoms with Gasteiger partial charge in [0.2, 0.25) is 5.95 Å². The summed E-state index contributed by atoms with van der Waals surface area (Å²) in [7, 11) is 3.12. The maximum absolute atomic E-state index is 13.9. The molecule has 1 aliphatic rings. The van der Waals surface area contributed by atoms with Crippen molar-refractivity contribution in [2.75, 3.05) is 31.5 Å². The van der Waals surface area contributed by atoms with Crippen LogP contribution in [0, 0.1) is 0 Å². The summed E-state index contributed by atoms with van der Waals surface area (Å²) in [5.74, 6) is 2.16. The predicted molar refractivity (Wildman–Crippen MR) is 156 cm³/mol. The van der Waals surface area contributed by atoms with E-state index in [1.54, 1.807) is 49.2 Å². The van der Waals surface area contributed by atoms with E-state index in [4.69, 9.17) is 47.5 Å². The molecule has 5 rings (SSSR count). The van der Waals surface area contributed by atoms with Crippen molar-refractivity contribution in [3.05, 3.63) is 87.5 Å². The van der Waals surface area contributed by atoms with Crippen LogP contribution in [0.1, 0.15) is 25.5 Å². The van der Waals surface area contributed by atoms with Crippen molar-refractivity contribution in [3.63, 3.8) is 0 Å². The second-order valence-electron chi connectivity index (χ2n) is 8.89. The number of hydrogen-bond donors (Lipinski definition) is 2. The van der Waals surface area contributed by atoms with Crippen LogP contribution in [0.3, 0.4) is 0 Å². The van der Waals surface area contributed by atoms with Gasteiger partial charge in [0.15, 0.2) is 17.3 Å². The van der Waals surface area contributed by atoms with Gasteiger partial charge in [-0.2, -0.15) is 4.98 Å². The molecular weight excluding hydrogens is 553 g/mol. The van der Waals surface area contributed by atoms with Gasteiger partial charge in [0.1, 0.15) is 11.8 Å². The van der Waals surface area contributed by atoms with Gasteiger partial charge in [-0.3, -0.25) is 4.79 Å². The van der Waals surface area contributed by atoms with E-state index >= 15 is 0 Å². The number of halogens is 2. The molecule has 1 atom stereocenters. The number of allylic oxidation sites excluding steroid dienone is 1. The standard InChI is InChI=1S/C29H27Cl2N5O4/c1-5-40-23-13-10-17(14-24(23)39-4)26-25(28(37)33-21-8-6-7-9-22(21)38-3)16(2)32-29-34-27(35-36(26)29)19-12-11-18(30)15-20(19)31/h6-15,26H,5H2,1-4H3,(H,33,37)(H,32,34,35). The fourth-order valence-electron chi connectivity index (χ4n) is 4.60. The van der Waals surface area contributed by atoms with Crippen molar-refractivity contribution >= 4 is 40.7 Å². The van der Waals surface area contributed by atoms with Crippen molar-refractivity contribution in [3.8, 4) is 28.6 Å². The quantitative estimate of drug-likeness (QED) is 0.242. The van der Waals surface area contributed by atoms with Gasteiger partial charge < -0.3 is 24.8 Å². The first-order valence-corrected chi connectivity index (χ1v) is 13.2. The lowest BCUT2D eigenvalue weighted by atomic mass is 9.94.